The van der Waals surface area contributed by atoms with Crippen molar-refractivity contribution >= 4 is 34.7 Å². The lowest BCUT2D eigenvalue weighted by Gasteiger charge is -1.92. The molecule has 0 radical (unpaired) electrons. The Balaban J connectivity index is 0.000000561. The second-order valence-electron chi connectivity index (χ2n) is 1.60. The van der Waals surface area contributed by atoms with Gasteiger partial charge >= 0.3 is 0 Å². The zero-order valence-electron chi connectivity index (χ0n) is 7.29. The minimum atomic E-state index is 0.676. The molecule has 0 aliphatic carbocycles. The maximum absolute atomic E-state index is 3.92. The number of aromatic nitrogens is 2. The number of aliphatic imine (C=N–C) groups is 1. The van der Waals surface area contributed by atoms with E-state index in [2.05, 4.69) is 39.3 Å². The Morgan fingerprint density at radius 3 is 2.58 bits per heavy atom. The first-order valence-electron chi connectivity index (χ1n) is 3.62. The molecule has 0 aromatic carbocycles. The number of hydrogen-bond donors (Lipinski definition) is 0. The molecule has 1 heterocycles. The quantitative estimate of drug-likeness (QED) is 0.718. The summed E-state index contributed by atoms with van der Waals surface area (Å²) in [5.74, 6) is 0.676. The third-order valence-corrected chi connectivity index (χ3v) is 1.61. The molecule has 0 saturated heterocycles. The van der Waals surface area contributed by atoms with E-state index in [1.54, 1.807) is 12.4 Å². The van der Waals surface area contributed by atoms with Crippen molar-refractivity contribution in [2.75, 3.05) is 0 Å². The molecule has 1 aromatic rings. The van der Waals surface area contributed by atoms with Gasteiger partial charge in [-0.15, -0.1) is 0 Å². The third-order valence-electron chi connectivity index (χ3n) is 1.05. The van der Waals surface area contributed by atoms with E-state index >= 15 is 0 Å². The van der Waals surface area contributed by atoms with Gasteiger partial charge in [-0.05, 0) is 22.6 Å². The zero-order valence-corrected chi connectivity index (χ0v) is 8.87. The van der Waals surface area contributed by atoms with Crippen LogP contribution in [0.15, 0.2) is 22.2 Å². The molecule has 0 aliphatic rings. The van der Waals surface area contributed by atoms with Gasteiger partial charge in [-0.1, -0.05) is 20.4 Å². The SMILES string of the molecule is C=Cn1ncc(Br)c1N=C.CC. The van der Waals surface area contributed by atoms with Crippen molar-refractivity contribution < 1.29 is 0 Å². The fourth-order valence-electron chi connectivity index (χ4n) is 0.616. The third kappa shape index (κ3) is 2.30. The second-order valence-corrected chi connectivity index (χ2v) is 2.46. The lowest BCUT2D eigenvalue weighted by molar-refractivity contribution is 0.936. The van der Waals surface area contributed by atoms with Gasteiger partial charge in [-0.3, -0.25) is 0 Å². The molecular weight excluding hydrogens is 218 g/mol. The predicted octanol–water partition coefficient (Wildman–Crippen LogP) is 3.10. The van der Waals surface area contributed by atoms with Crippen LogP contribution in [-0.4, -0.2) is 16.5 Å². The van der Waals surface area contributed by atoms with Gasteiger partial charge in [0, 0.05) is 6.20 Å². The van der Waals surface area contributed by atoms with Gasteiger partial charge in [-0.25, -0.2) is 9.67 Å². The molecule has 3 nitrogen and oxygen atoms in total. The number of nitrogens with zero attached hydrogens (tertiary/aromatic N) is 3. The van der Waals surface area contributed by atoms with Crippen molar-refractivity contribution in [1.82, 2.24) is 9.78 Å². The van der Waals surface area contributed by atoms with Gasteiger partial charge < -0.3 is 0 Å². The van der Waals surface area contributed by atoms with Crippen LogP contribution in [0.25, 0.3) is 6.20 Å². The first-order chi connectivity index (χ1) is 5.79. The molecular formula is C8H12BrN3. The minimum absolute atomic E-state index is 0.676. The Morgan fingerprint density at radius 1 is 1.67 bits per heavy atom. The Morgan fingerprint density at radius 2 is 2.25 bits per heavy atom. The molecule has 0 bridgehead atoms. The summed E-state index contributed by atoms with van der Waals surface area (Å²) in [4.78, 5) is 3.73. The molecule has 0 N–H and O–H groups in total. The fraction of sp³-hybridized carbons (Fsp3) is 0.250. The van der Waals surface area contributed by atoms with Gasteiger partial charge in [0.05, 0.1) is 10.7 Å². The average Bonchev–Trinajstić information content (AvgIpc) is 2.49. The van der Waals surface area contributed by atoms with Gasteiger partial charge in [0.25, 0.3) is 0 Å². The standard InChI is InChI=1S/C6H6BrN3.C2H6/c1-3-10-6(8-2)5(7)4-9-10;1-2/h3-4H,1-2H2;1-2H3. The van der Waals surface area contributed by atoms with Crippen molar-refractivity contribution in [3.8, 4) is 0 Å². The molecule has 0 unspecified atom stereocenters. The van der Waals surface area contributed by atoms with Crippen molar-refractivity contribution in [2.45, 2.75) is 13.8 Å². The van der Waals surface area contributed by atoms with Crippen molar-refractivity contribution in [3.05, 3.63) is 17.2 Å². The molecule has 0 spiro atoms. The van der Waals surface area contributed by atoms with E-state index in [0.717, 1.165) is 4.47 Å². The fourth-order valence-corrected chi connectivity index (χ4v) is 1.01. The van der Waals surface area contributed by atoms with Crippen molar-refractivity contribution in [3.63, 3.8) is 0 Å². The molecule has 1 aromatic heterocycles. The highest BCUT2D eigenvalue weighted by atomic mass is 79.9. The monoisotopic (exact) mass is 229 g/mol. The highest BCUT2D eigenvalue weighted by molar-refractivity contribution is 9.10. The van der Waals surface area contributed by atoms with Crippen LogP contribution in [-0.2, 0) is 0 Å². The van der Waals surface area contributed by atoms with Gasteiger partial charge in [0.2, 0.25) is 0 Å². The smallest absolute Gasteiger partial charge is 0.168 e. The summed E-state index contributed by atoms with van der Waals surface area (Å²) < 4.78 is 2.36. The summed E-state index contributed by atoms with van der Waals surface area (Å²) in [6, 6.07) is 0. The van der Waals surface area contributed by atoms with E-state index in [9.17, 15) is 0 Å². The highest BCUT2D eigenvalue weighted by Gasteiger charge is 2.01. The molecule has 0 saturated carbocycles. The first-order valence-corrected chi connectivity index (χ1v) is 4.41. The van der Waals surface area contributed by atoms with Gasteiger partial charge in [-0.2, -0.15) is 5.10 Å². The van der Waals surface area contributed by atoms with Crippen LogP contribution in [0.1, 0.15) is 13.8 Å². The molecule has 0 atom stereocenters. The minimum Gasteiger partial charge on any atom is -0.244 e. The molecule has 4 heteroatoms. The summed E-state index contributed by atoms with van der Waals surface area (Å²) in [5.41, 5.74) is 0. The zero-order chi connectivity index (χ0) is 9.56. The van der Waals surface area contributed by atoms with Crippen molar-refractivity contribution in [1.29, 1.82) is 0 Å². The highest BCUT2D eigenvalue weighted by Crippen LogP contribution is 2.23. The summed E-state index contributed by atoms with van der Waals surface area (Å²) >= 11 is 3.25. The van der Waals surface area contributed by atoms with Crippen LogP contribution >= 0.6 is 15.9 Å². The number of rotatable bonds is 2. The summed E-state index contributed by atoms with van der Waals surface area (Å²) in [5, 5.41) is 3.92. The second kappa shape index (κ2) is 5.71. The summed E-state index contributed by atoms with van der Waals surface area (Å²) in [6.45, 7) is 10.9. The summed E-state index contributed by atoms with van der Waals surface area (Å²) in [6.07, 6.45) is 3.21. The Hall–Kier alpha value is -0.900. The van der Waals surface area contributed by atoms with E-state index in [4.69, 9.17) is 0 Å². The molecule has 1 rings (SSSR count). The lowest BCUT2D eigenvalue weighted by Crippen LogP contribution is -1.84. The average molecular weight is 230 g/mol. The normalized spacial score (nSPS) is 8.25. The van der Waals surface area contributed by atoms with E-state index in [0.29, 0.717) is 5.82 Å². The lowest BCUT2D eigenvalue weighted by atomic mass is 10.6. The maximum Gasteiger partial charge on any atom is 0.168 e. The molecule has 0 aliphatic heterocycles. The number of hydrogen-bond acceptors (Lipinski definition) is 2. The van der Waals surface area contributed by atoms with Crippen LogP contribution in [0, 0.1) is 0 Å². The van der Waals surface area contributed by atoms with Crippen LogP contribution in [0.5, 0.6) is 0 Å². The molecule has 12 heavy (non-hydrogen) atoms. The largest absolute Gasteiger partial charge is 0.244 e. The van der Waals surface area contributed by atoms with E-state index in [1.165, 1.54) is 4.68 Å². The summed E-state index contributed by atoms with van der Waals surface area (Å²) in [7, 11) is 0. The maximum atomic E-state index is 3.92. The van der Waals surface area contributed by atoms with Gasteiger partial charge in [0.1, 0.15) is 0 Å². The molecule has 66 valence electrons. The van der Waals surface area contributed by atoms with Gasteiger partial charge in [0.15, 0.2) is 5.82 Å². The number of halogens is 1. The topological polar surface area (TPSA) is 30.2 Å². The predicted molar refractivity (Wildman–Crippen MR) is 56.9 cm³/mol. The van der Waals surface area contributed by atoms with Crippen LogP contribution in [0.3, 0.4) is 0 Å². The Kier molecular flexibility index (Phi) is 5.28. The van der Waals surface area contributed by atoms with E-state index < -0.39 is 0 Å². The van der Waals surface area contributed by atoms with Crippen LogP contribution in [0.4, 0.5) is 5.82 Å². The Bertz CT molecular complexity index is 265. The van der Waals surface area contributed by atoms with E-state index in [1.807, 2.05) is 13.8 Å². The first kappa shape index (κ1) is 11.1. The Labute approximate surface area is 80.9 Å². The van der Waals surface area contributed by atoms with Crippen molar-refractivity contribution in [2.24, 2.45) is 4.99 Å². The molecule has 0 amide bonds. The molecule has 0 fully saturated rings. The van der Waals surface area contributed by atoms with E-state index in [-0.39, 0.29) is 0 Å². The van der Waals surface area contributed by atoms with Crippen LogP contribution < -0.4 is 0 Å². The van der Waals surface area contributed by atoms with Crippen LogP contribution in [0.2, 0.25) is 0 Å².